The van der Waals surface area contributed by atoms with Crippen molar-refractivity contribution in [2.75, 3.05) is 7.05 Å². The van der Waals surface area contributed by atoms with Crippen molar-refractivity contribution in [3.05, 3.63) is 21.3 Å². The first-order valence-electron chi connectivity index (χ1n) is 3.95. The van der Waals surface area contributed by atoms with E-state index in [-0.39, 0.29) is 5.78 Å². The van der Waals surface area contributed by atoms with Crippen molar-refractivity contribution in [2.24, 2.45) is 0 Å². The van der Waals surface area contributed by atoms with Crippen molar-refractivity contribution >= 4 is 28.7 Å². The van der Waals surface area contributed by atoms with E-state index in [1.54, 1.807) is 13.1 Å². The van der Waals surface area contributed by atoms with Gasteiger partial charge >= 0.3 is 0 Å². The third-order valence-corrected chi connectivity index (χ3v) is 3.23. The Morgan fingerprint density at radius 3 is 2.62 bits per heavy atom. The van der Waals surface area contributed by atoms with Gasteiger partial charge in [-0.3, -0.25) is 4.79 Å². The lowest BCUT2D eigenvalue weighted by Gasteiger charge is -2.21. The first kappa shape index (κ1) is 10.7. The van der Waals surface area contributed by atoms with E-state index in [1.807, 2.05) is 19.2 Å². The van der Waals surface area contributed by atoms with Crippen molar-refractivity contribution in [1.29, 1.82) is 0 Å². The van der Waals surface area contributed by atoms with Crippen LogP contribution in [0.4, 0.5) is 0 Å². The Kier molecular flexibility index (Phi) is 3.11. The third-order valence-electron chi connectivity index (χ3n) is 2.06. The molecule has 0 amide bonds. The summed E-state index contributed by atoms with van der Waals surface area (Å²) in [7, 11) is 1.76. The summed E-state index contributed by atoms with van der Waals surface area (Å²) in [6.07, 6.45) is 0. The monoisotopic (exact) mass is 217 g/mol. The van der Waals surface area contributed by atoms with Crippen LogP contribution in [0.5, 0.6) is 0 Å². The Hall–Kier alpha value is -0.380. The molecule has 1 N–H and O–H groups in total. The van der Waals surface area contributed by atoms with Gasteiger partial charge in [-0.25, -0.2) is 0 Å². The Labute approximate surface area is 86.9 Å². The van der Waals surface area contributed by atoms with E-state index in [4.69, 9.17) is 11.6 Å². The predicted molar refractivity (Wildman–Crippen MR) is 56.8 cm³/mol. The Morgan fingerprint density at radius 2 is 2.23 bits per heavy atom. The fraction of sp³-hybridized carbons (Fsp3) is 0.444. The molecule has 0 spiro atoms. The zero-order chi connectivity index (χ0) is 10.1. The molecule has 0 atom stereocenters. The van der Waals surface area contributed by atoms with Crippen molar-refractivity contribution in [3.8, 4) is 0 Å². The van der Waals surface area contributed by atoms with Crippen LogP contribution in [0, 0.1) is 0 Å². The van der Waals surface area contributed by atoms with Gasteiger partial charge in [0.05, 0.1) is 5.54 Å². The van der Waals surface area contributed by atoms with Crippen molar-refractivity contribution in [3.63, 3.8) is 0 Å². The van der Waals surface area contributed by atoms with Gasteiger partial charge in [0.1, 0.15) is 4.34 Å². The third kappa shape index (κ3) is 2.10. The molecule has 0 bridgehead atoms. The molecule has 0 aromatic carbocycles. The van der Waals surface area contributed by atoms with E-state index in [2.05, 4.69) is 5.32 Å². The lowest BCUT2D eigenvalue weighted by atomic mass is 9.95. The van der Waals surface area contributed by atoms with E-state index in [0.29, 0.717) is 9.90 Å². The number of thiophene rings is 1. The van der Waals surface area contributed by atoms with Crippen LogP contribution in [0.1, 0.15) is 24.2 Å². The average molecular weight is 218 g/mol. The van der Waals surface area contributed by atoms with Crippen LogP contribution in [-0.4, -0.2) is 18.4 Å². The Morgan fingerprint density at radius 1 is 1.62 bits per heavy atom. The van der Waals surface area contributed by atoms with Gasteiger partial charge in [-0.15, -0.1) is 11.3 Å². The van der Waals surface area contributed by atoms with E-state index in [1.165, 1.54) is 11.3 Å². The van der Waals surface area contributed by atoms with E-state index in [9.17, 15) is 4.79 Å². The Balaban J connectivity index is 2.98. The van der Waals surface area contributed by atoms with Crippen LogP contribution >= 0.6 is 22.9 Å². The maximum Gasteiger partial charge on any atom is 0.184 e. The molecule has 0 radical (unpaired) electrons. The standard InChI is InChI=1S/C9H12ClNOS/c1-9(2,11-3)7(12)6-4-5-13-8(6)10/h4-5,11H,1-3H3. The highest BCUT2D eigenvalue weighted by atomic mass is 35.5. The molecule has 0 saturated heterocycles. The highest BCUT2D eigenvalue weighted by Crippen LogP contribution is 2.26. The molecule has 1 heterocycles. The van der Waals surface area contributed by atoms with Gasteiger partial charge < -0.3 is 5.32 Å². The molecule has 0 aliphatic carbocycles. The Bertz CT molecular complexity index is 319. The second-order valence-corrected chi connectivity index (χ2v) is 4.83. The fourth-order valence-electron chi connectivity index (χ4n) is 0.906. The highest BCUT2D eigenvalue weighted by molar-refractivity contribution is 7.14. The molecule has 1 aromatic rings. The molecule has 72 valence electrons. The van der Waals surface area contributed by atoms with Gasteiger partial charge in [-0.2, -0.15) is 0 Å². The summed E-state index contributed by atoms with van der Waals surface area (Å²) in [4.78, 5) is 11.8. The number of ketones is 1. The summed E-state index contributed by atoms with van der Waals surface area (Å²) in [5.41, 5.74) is 0.0519. The molecule has 4 heteroatoms. The van der Waals surface area contributed by atoms with Gasteiger partial charge in [0, 0.05) is 5.56 Å². The minimum Gasteiger partial charge on any atom is -0.308 e. The number of hydrogen-bond acceptors (Lipinski definition) is 3. The highest BCUT2D eigenvalue weighted by Gasteiger charge is 2.28. The molecule has 0 aliphatic heterocycles. The lowest BCUT2D eigenvalue weighted by Crippen LogP contribution is -2.44. The van der Waals surface area contributed by atoms with Gasteiger partial charge in [0.15, 0.2) is 5.78 Å². The van der Waals surface area contributed by atoms with Gasteiger partial charge in [-0.05, 0) is 32.3 Å². The topological polar surface area (TPSA) is 29.1 Å². The molecular formula is C9H12ClNOS. The van der Waals surface area contributed by atoms with Crippen LogP contribution in [0.15, 0.2) is 11.4 Å². The molecular weight excluding hydrogens is 206 g/mol. The molecule has 13 heavy (non-hydrogen) atoms. The van der Waals surface area contributed by atoms with E-state index < -0.39 is 5.54 Å². The van der Waals surface area contributed by atoms with Crippen molar-refractivity contribution in [1.82, 2.24) is 5.32 Å². The summed E-state index contributed by atoms with van der Waals surface area (Å²) in [5, 5.41) is 4.77. The number of Topliss-reactive ketones (excluding diaryl/α,β-unsaturated/α-hetero) is 1. The maximum atomic E-state index is 11.8. The molecule has 0 fully saturated rings. The van der Waals surface area contributed by atoms with E-state index in [0.717, 1.165) is 0 Å². The number of carbonyl (C=O) groups excluding carboxylic acids is 1. The maximum absolute atomic E-state index is 11.8. The fourth-order valence-corrected chi connectivity index (χ4v) is 1.82. The summed E-state index contributed by atoms with van der Waals surface area (Å²) >= 11 is 7.24. The van der Waals surface area contributed by atoms with Crippen molar-refractivity contribution < 1.29 is 4.79 Å². The van der Waals surface area contributed by atoms with Gasteiger partial charge in [-0.1, -0.05) is 11.6 Å². The van der Waals surface area contributed by atoms with Crippen LogP contribution in [-0.2, 0) is 0 Å². The molecule has 0 saturated carbocycles. The molecule has 1 rings (SSSR count). The minimum absolute atomic E-state index is 0.0289. The number of rotatable bonds is 3. The minimum atomic E-state index is -0.551. The zero-order valence-corrected chi connectivity index (χ0v) is 9.42. The number of likely N-dealkylation sites (N-methyl/N-ethyl adjacent to an activating group) is 1. The summed E-state index contributed by atoms with van der Waals surface area (Å²) in [5.74, 6) is 0.0289. The van der Waals surface area contributed by atoms with Crippen LogP contribution < -0.4 is 5.32 Å². The summed E-state index contributed by atoms with van der Waals surface area (Å²) in [6.45, 7) is 3.67. The average Bonchev–Trinajstić information content (AvgIpc) is 2.50. The number of halogens is 1. The summed E-state index contributed by atoms with van der Waals surface area (Å²) < 4.78 is 0.563. The number of carbonyl (C=O) groups is 1. The normalized spacial score (nSPS) is 11.7. The van der Waals surface area contributed by atoms with Gasteiger partial charge in [0.2, 0.25) is 0 Å². The summed E-state index contributed by atoms with van der Waals surface area (Å²) in [6, 6.07) is 1.76. The molecule has 0 unspecified atom stereocenters. The van der Waals surface area contributed by atoms with Crippen molar-refractivity contribution in [2.45, 2.75) is 19.4 Å². The second kappa shape index (κ2) is 3.78. The molecule has 2 nitrogen and oxygen atoms in total. The number of hydrogen-bond donors (Lipinski definition) is 1. The predicted octanol–water partition coefficient (Wildman–Crippen LogP) is 2.58. The molecule has 0 aliphatic rings. The smallest absolute Gasteiger partial charge is 0.184 e. The van der Waals surface area contributed by atoms with E-state index >= 15 is 0 Å². The van der Waals surface area contributed by atoms with Crippen LogP contribution in [0.3, 0.4) is 0 Å². The van der Waals surface area contributed by atoms with Crippen LogP contribution in [0.2, 0.25) is 4.34 Å². The molecule has 1 aromatic heterocycles. The van der Waals surface area contributed by atoms with Crippen LogP contribution in [0.25, 0.3) is 0 Å². The lowest BCUT2D eigenvalue weighted by molar-refractivity contribution is 0.0890. The number of nitrogens with one attached hydrogen (secondary N) is 1. The zero-order valence-electron chi connectivity index (χ0n) is 7.85. The quantitative estimate of drug-likeness (QED) is 0.789. The first-order chi connectivity index (χ1) is 5.99. The first-order valence-corrected chi connectivity index (χ1v) is 5.21. The SMILES string of the molecule is CNC(C)(C)C(=O)c1ccsc1Cl. The van der Waals surface area contributed by atoms with Gasteiger partial charge in [0.25, 0.3) is 0 Å². The second-order valence-electron chi connectivity index (χ2n) is 3.31. The largest absolute Gasteiger partial charge is 0.308 e.